The molecule has 0 saturated heterocycles. The maximum Gasteiger partial charge on any atom is 0.238 e. The van der Waals surface area contributed by atoms with Crippen LogP contribution in [0.5, 0.6) is 5.75 Å². The Morgan fingerprint density at radius 1 is 1.35 bits per heavy atom. The fourth-order valence-corrected chi connectivity index (χ4v) is 2.16. The lowest BCUT2D eigenvalue weighted by Crippen LogP contribution is -2.34. The van der Waals surface area contributed by atoms with E-state index in [0.717, 1.165) is 0 Å². The Balaban J connectivity index is 1.76. The first-order chi connectivity index (χ1) is 8.24. The number of nitrogens with one attached hydrogen (secondary N) is 2. The molecular formula is C13H18N2O2. The van der Waals surface area contributed by atoms with Crippen molar-refractivity contribution in [3.05, 3.63) is 24.3 Å². The summed E-state index contributed by atoms with van der Waals surface area (Å²) in [4.78, 5) is 11.6. The SMILES string of the molecule is O=C(CNC1CCCC1)Nc1cccc(O)c1. The van der Waals surface area contributed by atoms with Gasteiger partial charge in [0.05, 0.1) is 6.54 Å². The molecule has 0 heterocycles. The van der Waals surface area contributed by atoms with E-state index in [-0.39, 0.29) is 11.7 Å². The van der Waals surface area contributed by atoms with Crippen molar-refractivity contribution in [2.24, 2.45) is 0 Å². The molecule has 0 atom stereocenters. The molecule has 1 aliphatic rings. The first-order valence-corrected chi connectivity index (χ1v) is 6.06. The molecule has 0 radical (unpaired) electrons. The fraction of sp³-hybridized carbons (Fsp3) is 0.462. The van der Waals surface area contributed by atoms with Crippen molar-refractivity contribution in [3.8, 4) is 5.75 Å². The maximum atomic E-state index is 11.6. The smallest absolute Gasteiger partial charge is 0.238 e. The van der Waals surface area contributed by atoms with Gasteiger partial charge in [0.15, 0.2) is 0 Å². The van der Waals surface area contributed by atoms with Gasteiger partial charge in [-0.1, -0.05) is 18.9 Å². The van der Waals surface area contributed by atoms with Crippen molar-refractivity contribution in [1.82, 2.24) is 5.32 Å². The highest BCUT2D eigenvalue weighted by Gasteiger charge is 2.15. The van der Waals surface area contributed by atoms with Crippen LogP contribution in [0.4, 0.5) is 5.69 Å². The molecule has 1 amide bonds. The molecule has 1 aromatic carbocycles. The molecular weight excluding hydrogens is 216 g/mol. The van der Waals surface area contributed by atoms with E-state index in [1.54, 1.807) is 18.2 Å². The number of hydrogen-bond donors (Lipinski definition) is 3. The molecule has 1 aromatic rings. The van der Waals surface area contributed by atoms with Gasteiger partial charge in [0, 0.05) is 17.8 Å². The summed E-state index contributed by atoms with van der Waals surface area (Å²) in [5.74, 6) is 0.0917. The minimum absolute atomic E-state index is 0.0671. The molecule has 4 nitrogen and oxygen atoms in total. The van der Waals surface area contributed by atoms with Gasteiger partial charge in [-0.05, 0) is 25.0 Å². The lowest BCUT2D eigenvalue weighted by Gasteiger charge is -2.11. The Morgan fingerprint density at radius 2 is 2.12 bits per heavy atom. The topological polar surface area (TPSA) is 61.4 Å². The van der Waals surface area contributed by atoms with Crippen molar-refractivity contribution >= 4 is 11.6 Å². The monoisotopic (exact) mass is 234 g/mol. The number of anilines is 1. The number of aromatic hydroxyl groups is 1. The molecule has 1 fully saturated rings. The van der Waals surface area contributed by atoms with E-state index in [0.29, 0.717) is 18.3 Å². The molecule has 3 N–H and O–H groups in total. The van der Waals surface area contributed by atoms with Crippen LogP contribution in [0.15, 0.2) is 24.3 Å². The van der Waals surface area contributed by atoms with E-state index < -0.39 is 0 Å². The van der Waals surface area contributed by atoms with Gasteiger partial charge in [-0.3, -0.25) is 4.79 Å². The molecule has 92 valence electrons. The average Bonchev–Trinajstić information content (AvgIpc) is 2.79. The lowest BCUT2D eigenvalue weighted by atomic mass is 10.2. The molecule has 2 rings (SSSR count). The Morgan fingerprint density at radius 3 is 2.82 bits per heavy atom. The number of rotatable bonds is 4. The summed E-state index contributed by atoms with van der Waals surface area (Å²) in [5.41, 5.74) is 0.628. The van der Waals surface area contributed by atoms with Gasteiger partial charge >= 0.3 is 0 Å². The van der Waals surface area contributed by atoms with Gasteiger partial charge in [0.2, 0.25) is 5.91 Å². The maximum absolute atomic E-state index is 11.6. The Labute approximate surface area is 101 Å². The minimum Gasteiger partial charge on any atom is -0.508 e. The van der Waals surface area contributed by atoms with Gasteiger partial charge in [-0.2, -0.15) is 0 Å². The average molecular weight is 234 g/mol. The predicted octanol–water partition coefficient (Wildman–Crippen LogP) is 1.86. The predicted molar refractivity (Wildman–Crippen MR) is 67.0 cm³/mol. The van der Waals surface area contributed by atoms with Crippen LogP contribution in [-0.4, -0.2) is 23.6 Å². The van der Waals surface area contributed by atoms with Crippen LogP contribution in [0.1, 0.15) is 25.7 Å². The summed E-state index contributed by atoms with van der Waals surface area (Å²) in [5, 5.41) is 15.2. The molecule has 0 aliphatic heterocycles. The van der Waals surface area contributed by atoms with Crippen LogP contribution in [-0.2, 0) is 4.79 Å². The third kappa shape index (κ3) is 3.75. The molecule has 1 saturated carbocycles. The number of carbonyl (C=O) groups excluding carboxylic acids is 1. The zero-order valence-electron chi connectivity index (χ0n) is 9.78. The number of phenolic OH excluding ortho intramolecular Hbond substituents is 1. The fourth-order valence-electron chi connectivity index (χ4n) is 2.16. The number of phenols is 1. The molecule has 0 bridgehead atoms. The van der Waals surface area contributed by atoms with E-state index in [1.807, 2.05) is 0 Å². The molecule has 0 aromatic heterocycles. The quantitative estimate of drug-likeness (QED) is 0.745. The van der Waals surface area contributed by atoms with Crippen LogP contribution in [0.3, 0.4) is 0 Å². The van der Waals surface area contributed by atoms with Crippen molar-refractivity contribution in [2.45, 2.75) is 31.7 Å². The number of carbonyl (C=O) groups is 1. The van der Waals surface area contributed by atoms with E-state index in [2.05, 4.69) is 10.6 Å². The Hall–Kier alpha value is -1.55. The highest BCUT2D eigenvalue weighted by Crippen LogP contribution is 2.17. The van der Waals surface area contributed by atoms with Crippen molar-refractivity contribution in [3.63, 3.8) is 0 Å². The van der Waals surface area contributed by atoms with E-state index in [1.165, 1.54) is 31.7 Å². The zero-order valence-corrected chi connectivity index (χ0v) is 9.78. The van der Waals surface area contributed by atoms with Crippen LogP contribution in [0.2, 0.25) is 0 Å². The zero-order chi connectivity index (χ0) is 12.1. The molecule has 0 unspecified atom stereocenters. The minimum atomic E-state index is -0.0671. The standard InChI is InChI=1S/C13H18N2O2/c16-12-7-3-6-11(8-12)15-13(17)9-14-10-4-1-2-5-10/h3,6-8,10,14,16H,1-2,4-5,9H2,(H,15,17). The summed E-state index contributed by atoms with van der Waals surface area (Å²) in [7, 11) is 0. The second-order valence-corrected chi connectivity index (χ2v) is 4.46. The van der Waals surface area contributed by atoms with Gasteiger partial charge in [0.1, 0.15) is 5.75 Å². The number of benzene rings is 1. The van der Waals surface area contributed by atoms with E-state index >= 15 is 0 Å². The molecule has 1 aliphatic carbocycles. The molecule has 4 heteroatoms. The molecule has 17 heavy (non-hydrogen) atoms. The normalized spacial score (nSPS) is 16.0. The summed E-state index contributed by atoms with van der Waals surface area (Å²) in [6.07, 6.45) is 4.84. The molecule has 0 spiro atoms. The van der Waals surface area contributed by atoms with Gasteiger partial charge in [0.25, 0.3) is 0 Å². The van der Waals surface area contributed by atoms with Gasteiger partial charge in [-0.25, -0.2) is 0 Å². The first-order valence-electron chi connectivity index (χ1n) is 6.06. The summed E-state index contributed by atoms with van der Waals surface area (Å²) in [6.45, 7) is 0.334. The van der Waals surface area contributed by atoms with Gasteiger partial charge in [-0.15, -0.1) is 0 Å². The van der Waals surface area contributed by atoms with Crippen LogP contribution >= 0.6 is 0 Å². The largest absolute Gasteiger partial charge is 0.508 e. The van der Waals surface area contributed by atoms with E-state index in [9.17, 15) is 9.90 Å². The first kappa shape index (κ1) is 11.9. The second kappa shape index (κ2) is 5.68. The highest BCUT2D eigenvalue weighted by molar-refractivity contribution is 5.92. The van der Waals surface area contributed by atoms with Crippen molar-refractivity contribution < 1.29 is 9.90 Å². The third-order valence-corrected chi connectivity index (χ3v) is 3.04. The highest BCUT2D eigenvalue weighted by atomic mass is 16.3. The number of amides is 1. The van der Waals surface area contributed by atoms with Crippen LogP contribution in [0, 0.1) is 0 Å². The summed E-state index contributed by atoms with van der Waals surface area (Å²) in [6, 6.07) is 7.06. The van der Waals surface area contributed by atoms with Crippen LogP contribution in [0.25, 0.3) is 0 Å². The second-order valence-electron chi connectivity index (χ2n) is 4.46. The van der Waals surface area contributed by atoms with E-state index in [4.69, 9.17) is 0 Å². The lowest BCUT2D eigenvalue weighted by molar-refractivity contribution is -0.115. The van der Waals surface area contributed by atoms with Crippen molar-refractivity contribution in [2.75, 3.05) is 11.9 Å². The van der Waals surface area contributed by atoms with Crippen molar-refractivity contribution in [1.29, 1.82) is 0 Å². The third-order valence-electron chi connectivity index (χ3n) is 3.04. The summed E-state index contributed by atoms with van der Waals surface area (Å²) >= 11 is 0. The van der Waals surface area contributed by atoms with Gasteiger partial charge < -0.3 is 15.7 Å². The number of hydrogen-bond acceptors (Lipinski definition) is 3. The summed E-state index contributed by atoms with van der Waals surface area (Å²) < 4.78 is 0. The Kier molecular flexibility index (Phi) is 3.98. The van der Waals surface area contributed by atoms with Crippen LogP contribution < -0.4 is 10.6 Å². The Bertz CT molecular complexity index is 387.